The summed E-state index contributed by atoms with van der Waals surface area (Å²) in [7, 11) is 0. The van der Waals surface area contributed by atoms with E-state index in [4.69, 9.17) is 9.97 Å². The maximum atomic E-state index is 4.79. The molecule has 3 N–H and O–H groups in total. The van der Waals surface area contributed by atoms with Crippen LogP contribution in [0.15, 0.2) is 61.3 Å². The number of aromatic amines is 3. The molecular weight excluding hydrogens is 366 g/mol. The van der Waals surface area contributed by atoms with E-state index in [-0.39, 0.29) is 0 Å². The molecule has 6 aromatic rings. The Balaban J connectivity index is 1.54. The highest BCUT2D eigenvalue weighted by molar-refractivity contribution is 5.94. The lowest BCUT2D eigenvalue weighted by Crippen LogP contribution is -1.86. The van der Waals surface area contributed by atoms with Crippen molar-refractivity contribution in [2.75, 3.05) is 0 Å². The summed E-state index contributed by atoms with van der Waals surface area (Å²) >= 11 is 0. The van der Waals surface area contributed by atoms with Gasteiger partial charge in [0.05, 0.1) is 17.4 Å². The summed E-state index contributed by atoms with van der Waals surface area (Å²) in [4.78, 5) is 21.5. The number of hydrogen-bond donors (Lipinski definition) is 3. The van der Waals surface area contributed by atoms with E-state index in [1.807, 2.05) is 36.5 Å². The van der Waals surface area contributed by atoms with Crippen LogP contribution in [-0.2, 0) is 0 Å². The number of pyridine rings is 3. The molecule has 29 heavy (non-hydrogen) atoms. The molecule has 9 heteroatoms. The standard InChI is InChI=1S/C20H13N9/c1-2-11(8-21-6-1)13-5-7-22-19-16(13)26-20(27-19)18-17-15(28-29-18)4-3-14(25-17)12-9-23-24-10-12/h1-10H,(H,23,24)(H,28,29)(H,22,26,27). The van der Waals surface area contributed by atoms with E-state index < -0.39 is 0 Å². The molecule has 9 nitrogen and oxygen atoms in total. The van der Waals surface area contributed by atoms with Crippen molar-refractivity contribution < 1.29 is 0 Å². The average molecular weight is 379 g/mol. The van der Waals surface area contributed by atoms with Gasteiger partial charge in [-0.05, 0) is 24.3 Å². The van der Waals surface area contributed by atoms with Gasteiger partial charge in [0, 0.05) is 41.5 Å². The van der Waals surface area contributed by atoms with Gasteiger partial charge >= 0.3 is 0 Å². The Morgan fingerprint density at radius 2 is 1.86 bits per heavy atom. The van der Waals surface area contributed by atoms with Crippen molar-refractivity contribution in [3.8, 4) is 33.9 Å². The molecule has 0 saturated carbocycles. The van der Waals surface area contributed by atoms with Crippen LogP contribution in [0, 0.1) is 0 Å². The number of imidazole rings is 1. The van der Waals surface area contributed by atoms with Gasteiger partial charge in [-0.3, -0.25) is 15.2 Å². The van der Waals surface area contributed by atoms with Crippen molar-refractivity contribution in [1.82, 2.24) is 45.3 Å². The zero-order chi connectivity index (χ0) is 19.2. The van der Waals surface area contributed by atoms with E-state index in [1.165, 1.54) is 0 Å². The normalized spacial score (nSPS) is 11.4. The van der Waals surface area contributed by atoms with Crippen molar-refractivity contribution in [1.29, 1.82) is 0 Å². The lowest BCUT2D eigenvalue weighted by molar-refractivity contribution is 1.09. The van der Waals surface area contributed by atoms with Crippen LogP contribution < -0.4 is 0 Å². The third kappa shape index (κ3) is 2.48. The predicted octanol–water partition coefficient (Wildman–Crippen LogP) is 3.35. The molecule has 0 bridgehead atoms. The SMILES string of the molecule is c1cncc(-c2ccnc3[nH]c(-c4n[nH]c5ccc(-c6cn[nH]c6)nc45)nc23)c1. The summed E-state index contributed by atoms with van der Waals surface area (Å²) in [5.74, 6) is 0.604. The molecule has 6 aromatic heterocycles. The smallest absolute Gasteiger partial charge is 0.162 e. The van der Waals surface area contributed by atoms with Crippen molar-refractivity contribution in [2.45, 2.75) is 0 Å². The van der Waals surface area contributed by atoms with Gasteiger partial charge in [0.1, 0.15) is 11.0 Å². The molecule has 0 spiro atoms. The molecule has 0 unspecified atom stereocenters. The first-order valence-electron chi connectivity index (χ1n) is 8.96. The van der Waals surface area contributed by atoms with Crippen LogP contribution in [0.25, 0.3) is 56.1 Å². The molecular formula is C20H13N9. The summed E-state index contributed by atoms with van der Waals surface area (Å²) in [5, 5.41) is 14.3. The first-order chi connectivity index (χ1) is 14.4. The Morgan fingerprint density at radius 1 is 0.862 bits per heavy atom. The Labute approximate surface area is 163 Å². The van der Waals surface area contributed by atoms with Crippen molar-refractivity contribution in [3.05, 3.63) is 61.3 Å². The molecule has 138 valence electrons. The van der Waals surface area contributed by atoms with Crippen LogP contribution in [0.1, 0.15) is 0 Å². The number of aromatic nitrogens is 9. The molecule has 0 aliphatic heterocycles. The van der Waals surface area contributed by atoms with Gasteiger partial charge < -0.3 is 4.98 Å². The fraction of sp³-hybridized carbons (Fsp3) is 0. The lowest BCUT2D eigenvalue weighted by Gasteiger charge is -2.00. The zero-order valence-corrected chi connectivity index (χ0v) is 15.0. The summed E-state index contributed by atoms with van der Waals surface area (Å²) < 4.78 is 0. The van der Waals surface area contributed by atoms with Crippen LogP contribution in [-0.4, -0.2) is 45.3 Å². The highest BCUT2D eigenvalue weighted by Gasteiger charge is 2.17. The minimum absolute atomic E-state index is 0.604. The molecule has 0 saturated heterocycles. The second-order valence-electron chi connectivity index (χ2n) is 6.53. The molecule has 0 aliphatic carbocycles. The second-order valence-corrected chi connectivity index (χ2v) is 6.53. The molecule has 0 fully saturated rings. The number of fused-ring (bicyclic) bond motifs is 2. The van der Waals surface area contributed by atoms with Gasteiger partial charge in [-0.2, -0.15) is 10.2 Å². The molecule has 0 aromatic carbocycles. The second kappa shape index (κ2) is 6.06. The van der Waals surface area contributed by atoms with Crippen molar-refractivity contribution >= 4 is 22.2 Å². The summed E-state index contributed by atoms with van der Waals surface area (Å²) in [6, 6.07) is 9.71. The van der Waals surface area contributed by atoms with Crippen molar-refractivity contribution in [3.63, 3.8) is 0 Å². The van der Waals surface area contributed by atoms with E-state index in [1.54, 1.807) is 24.8 Å². The fourth-order valence-electron chi connectivity index (χ4n) is 3.39. The van der Waals surface area contributed by atoms with Crippen LogP contribution >= 0.6 is 0 Å². The topological polar surface area (TPSA) is 125 Å². The quantitative estimate of drug-likeness (QED) is 0.433. The maximum Gasteiger partial charge on any atom is 0.162 e. The zero-order valence-electron chi connectivity index (χ0n) is 15.0. The van der Waals surface area contributed by atoms with E-state index >= 15 is 0 Å². The molecule has 0 atom stereocenters. The summed E-state index contributed by atoms with van der Waals surface area (Å²) in [6.45, 7) is 0. The van der Waals surface area contributed by atoms with E-state index in [9.17, 15) is 0 Å². The molecule has 0 radical (unpaired) electrons. The largest absolute Gasteiger partial charge is 0.321 e. The monoisotopic (exact) mass is 379 g/mol. The van der Waals surface area contributed by atoms with Gasteiger partial charge in [0.2, 0.25) is 0 Å². The number of nitrogens with zero attached hydrogens (tertiary/aromatic N) is 6. The van der Waals surface area contributed by atoms with Gasteiger partial charge in [-0.1, -0.05) is 6.07 Å². The predicted molar refractivity (Wildman–Crippen MR) is 108 cm³/mol. The van der Waals surface area contributed by atoms with Crippen LogP contribution in [0.2, 0.25) is 0 Å². The van der Waals surface area contributed by atoms with Gasteiger partial charge in [0.15, 0.2) is 17.2 Å². The third-order valence-corrected chi connectivity index (χ3v) is 4.78. The number of rotatable bonds is 3. The highest BCUT2D eigenvalue weighted by Crippen LogP contribution is 2.30. The summed E-state index contributed by atoms with van der Waals surface area (Å²) in [5.41, 5.74) is 7.28. The van der Waals surface area contributed by atoms with Crippen LogP contribution in [0.4, 0.5) is 0 Å². The lowest BCUT2D eigenvalue weighted by atomic mass is 10.1. The Hall–Kier alpha value is -4.40. The number of H-pyrrole nitrogens is 3. The Bertz CT molecular complexity index is 1450. The van der Waals surface area contributed by atoms with Crippen LogP contribution in [0.3, 0.4) is 0 Å². The maximum absolute atomic E-state index is 4.79. The Kier molecular flexibility index (Phi) is 3.27. The van der Waals surface area contributed by atoms with Crippen molar-refractivity contribution in [2.24, 2.45) is 0 Å². The van der Waals surface area contributed by atoms with Gasteiger partial charge in [-0.15, -0.1) is 0 Å². The van der Waals surface area contributed by atoms with E-state index in [0.717, 1.165) is 38.9 Å². The highest BCUT2D eigenvalue weighted by atomic mass is 15.2. The molecule has 6 rings (SSSR count). The molecule has 0 aliphatic rings. The molecule has 6 heterocycles. The third-order valence-electron chi connectivity index (χ3n) is 4.78. The molecule has 0 amide bonds. The van der Waals surface area contributed by atoms with E-state index in [0.29, 0.717) is 17.2 Å². The first kappa shape index (κ1) is 15.6. The minimum atomic E-state index is 0.604. The fourth-order valence-corrected chi connectivity index (χ4v) is 3.39. The Morgan fingerprint density at radius 3 is 2.72 bits per heavy atom. The van der Waals surface area contributed by atoms with Gasteiger partial charge in [0.25, 0.3) is 0 Å². The number of hydrogen-bond acceptors (Lipinski definition) is 6. The first-order valence-corrected chi connectivity index (χ1v) is 8.96. The summed E-state index contributed by atoms with van der Waals surface area (Å²) in [6.07, 6.45) is 8.85. The van der Waals surface area contributed by atoms with Gasteiger partial charge in [-0.25, -0.2) is 15.0 Å². The number of nitrogens with one attached hydrogen (secondary N) is 3. The minimum Gasteiger partial charge on any atom is -0.321 e. The average Bonchev–Trinajstić information content (AvgIpc) is 3.52. The van der Waals surface area contributed by atoms with E-state index in [2.05, 4.69) is 35.3 Å². The van der Waals surface area contributed by atoms with Crippen LogP contribution in [0.5, 0.6) is 0 Å².